The summed E-state index contributed by atoms with van der Waals surface area (Å²) in [5, 5.41) is 13.4. The van der Waals surface area contributed by atoms with E-state index in [1.807, 2.05) is 36.9 Å². The summed E-state index contributed by atoms with van der Waals surface area (Å²) in [5.74, 6) is -0.331. The number of carbonyl (C=O) groups excluding carboxylic acids is 1. The van der Waals surface area contributed by atoms with Crippen molar-refractivity contribution in [2.24, 2.45) is 7.05 Å². The van der Waals surface area contributed by atoms with Crippen molar-refractivity contribution in [3.63, 3.8) is 0 Å². The highest BCUT2D eigenvalue weighted by atomic mass is 16.6. The number of H-pyrrole nitrogens is 1. The van der Waals surface area contributed by atoms with E-state index in [4.69, 9.17) is 0 Å². The van der Waals surface area contributed by atoms with Crippen LogP contribution in [0.3, 0.4) is 0 Å². The number of carbonyl (C=O) groups is 1. The summed E-state index contributed by atoms with van der Waals surface area (Å²) >= 11 is 0. The summed E-state index contributed by atoms with van der Waals surface area (Å²) in [6.45, 7) is 1.91. The van der Waals surface area contributed by atoms with E-state index in [0.717, 1.165) is 12.8 Å². The van der Waals surface area contributed by atoms with E-state index >= 15 is 0 Å². The van der Waals surface area contributed by atoms with Gasteiger partial charge in [0, 0.05) is 31.0 Å². The van der Waals surface area contributed by atoms with Gasteiger partial charge in [0.1, 0.15) is 5.69 Å². The van der Waals surface area contributed by atoms with Crippen LogP contribution in [0.4, 0.5) is 5.69 Å². The highest BCUT2D eigenvalue weighted by Gasteiger charge is 2.16. The highest BCUT2D eigenvalue weighted by molar-refractivity contribution is 5.93. The second-order valence-electron chi connectivity index (χ2n) is 5.05. The molecule has 0 unspecified atom stereocenters. The van der Waals surface area contributed by atoms with Crippen LogP contribution in [0.1, 0.15) is 29.5 Å². The fourth-order valence-electron chi connectivity index (χ4n) is 2.11. The molecule has 7 nitrogen and oxygen atoms in total. The molecule has 2 rings (SSSR count). The molecule has 7 heteroatoms. The number of aromatic nitrogens is 2. The van der Waals surface area contributed by atoms with Gasteiger partial charge in [0.25, 0.3) is 11.6 Å². The molecule has 0 aliphatic carbocycles. The average Bonchev–Trinajstić information content (AvgIpc) is 3.05. The second kappa shape index (κ2) is 6.25. The fourth-order valence-corrected chi connectivity index (χ4v) is 2.11. The SMILES string of the molecule is C[C@@H](CCc1cccn1C)NC(=O)c1cc([N+](=O)[O-])c[nH]1. The van der Waals surface area contributed by atoms with Gasteiger partial charge in [-0.05, 0) is 31.9 Å². The van der Waals surface area contributed by atoms with Crippen LogP contribution in [0.15, 0.2) is 30.6 Å². The molecular weight excluding hydrogens is 272 g/mol. The van der Waals surface area contributed by atoms with E-state index in [0.29, 0.717) is 0 Å². The van der Waals surface area contributed by atoms with Crippen molar-refractivity contribution in [1.82, 2.24) is 14.9 Å². The van der Waals surface area contributed by atoms with Crippen LogP contribution in [0.5, 0.6) is 0 Å². The number of aryl methyl sites for hydroxylation is 2. The number of aromatic amines is 1. The molecule has 0 bridgehead atoms. The molecule has 0 aromatic carbocycles. The minimum absolute atomic E-state index is 0.0187. The molecule has 2 N–H and O–H groups in total. The molecule has 2 heterocycles. The Labute approximate surface area is 122 Å². The van der Waals surface area contributed by atoms with E-state index in [9.17, 15) is 14.9 Å². The van der Waals surface area contributed by atoms with Crippen molar-refractivity contribution in [1.29, 1.82) is 0 Å². The predicted molar refractivity (Wildman–Crippen MR) is 78.1 cm³/mol. The Morgan fingerprint density at radius 2 is 2.33 bits per heavy atom. The Bertz CT molecular complexity index is 644. The molecule has 0 radical (unpaired) electrons. The van der Waals surface area contributed by atoms with Crippen LogP contribution in [-0.4, -0.2) is 26.4 Å². The van der Waals surface area contributed by atoms with Gasteiger partial charge in [0.15, 0.2) is 0 Å². The number of hydrogen-bond acceptors (Lipinski definition) is 3. The lowest BCUT2D eigenvalue weighted by atomic mass is 10.1. The smallest absolute Gasteiger partial charge is 0.287 e. The van der Waals surface area contributed by atoms with Gasteiger partial charge in [-0.25, -0.2) is 0 Å². The monoisotopic (exact) mass is 290 g/mol. The maximum Gasteiger partial charge on any atom is 0.287 e. The Kier molecular flexibility index (Phi) is 4.42. The first kappa shape index (κ1) is 14.8. The minimum atomic E-state index is -0.536. The van der Waals surface area contributed by atoms with Gasteiger partial charge in [-0.15, -0.1) is 0 Å². The molecule has 1 atom stereocenters. The number of hydrogen-bond donors (Lipinski definition) is 2. The third kappa shape index (κ3) is 3.71. The maximum atomic E-state index is 11.9. The van der Waals surface area contributed by atoms with Crippen molar-refractivity contribution in [2.75, 3.05) is 0 Å². The number of nitrogens with zero attached hydrogens (tertiary/aromatic N) is 2. The van der Waals surface area contributed by atoms with Crippen molar-refractivity contribution >= 4 is 11.6 Å². The van der Waals surface area contributed by atoms with Crippen LogP contribution in [-0.2, 0) is 13.5 Å². The fraction of sp³-hybridized carbons (Fsp3) is 0.357. The van der Waals surface area contributed by atoms with Crippen LogP contribution in [0.25, 0.3) is 0 Å². The van der Waals surface area contributed by atoms with Crippen molar-refractivity contribution in [3.8, 4) is 0 Å². The zero-order chi connectivity index (χ0) is 15.4. The molecule has 21 heavy (non-hydrogen) atoms. The Hall–Kier alpha value is -2.57. The first-order chi connectivity index (χ1) is 9.97. The zero-order valence-corrected chi connectivity index (χ0v) is 12.0. The Morgan fingerprint density at radius 1 is 1.57 bits per heavy atom. The molecule has 0 aliphatic heterocycles. The quantitative estimate of drug-likeness (QED) is 0.629. The first-order valence-corrected chi connectivity index (χ1v) is 6.71. The normalized spacial score (nSPS) is 12.1. The maximum absolute atomic E-state index is 11.9. The van der Waals surface area contributed by atoms with Gasteiger partial charge in [-0.2, -0.15) is 0 Å². The van der Waals surface area contributed by atoms with E-state index in [-0.39, 0.29) is 23.3 Å². The van der Waals surface area contributed by atoms with Crippen LogP contribution in [0.2, 0.25) is 0 Å². The molecule has 0 spiro atoms. The third-order valence-corrected chi connectivity index (χ3v) is 3.39. The van der Waals surface area contributed by atoms with Crippen molar-refractivity contribution < 1.29 is 9.72 Å². The lowest BCUT2D eigenvalue weighted by Gasteiger charge is -2.13. The zero-order valence-electron chi connectivity index (χ0n) is 12.0. The molecule has 0 saturated heterocycles. The molecule has 0 aliphatic rings. The summed E-state index contributed by atoms with van der Waals surface area (Å²) in [7, 11) is 1.98. The molecule has 0 saturated carbocycles. The Morgan fingerprint density at radius 3 is 2.90 bits per heavy atom. The third-order valence-electron chi connectivity index (χ3n) is 3.39. The molecule has 2 aromatic rings. The molecule has 1 amide bonds. The van der Waals surface area contributed by atoms with E-state index in [1.165, 1.54) is 18.0 Å². The number of nitro groups is 1. The number of rotatable bonds is 6. The van der Waals surface area contributed by atoms with Crippen molar-refractivity contribution in [3.05, 3.63) is 52.1 Å². The standard InChI is InChI=1S/C14H18N4O3/c1-10(5-6-11-4-3-7-17(11)2)16-14(19)13-8-12(9-15-13)18(20)21/h3-4,7-10,15H,5-6H2,1-2H3,(H,16,19)/t10-/m0/s1. The van der Waals surface area contributed by atoms with Crippen molar-refractivity contribution in [2.45, 2.75) is 25.8 Å². The van der Waals surface area contributed by atoms with E-state index in [2.05, 4.69) is 10.3 Å². The molecule has 0 fully saturated rings. The largest absolute Gasteiger partial charge is 0.354 e. The molecule has 112 valence electrons. The second-order valence-corrected chi connectivity index (χ2v) is 5.05. The summed E-state index contributed by atoms with van der Waals surface area (Å²) in [4.78, 5) is 24.6. The van der Waals surface area contributed by atoms with Gasteiger partial charge < -0.3 is 14.9 Å². The predicted octanol–water partition coefficient (Wildman–Crippen LogP) is 2.01. The van der Waals surface area contributed by atoms with Gasteiger partial charge in [-0.1, -0.05) is 0 Å². The van der Waals surface area contributed by atoms with Crippen LogP contribution < -0.4 is 5.32 Å². The van der Waals surface area contributed by atoms with Gasteiger partial charge >= 0.3 is 0 Å². The average molecular weight is 290 g/mol. The van der Waals surface area contributed by atoms with Gasteiger partial charge in [0.2, 0.25) is 0 Å². The van der Waals surface area contributed by atoms with E-state index in [1.54, 1.807) is 0 Å². The highest BCUT2D eigenvalue weighted by Crippen LogP contribution is 2.12. The lowest BCUT2D eigenvalue weighted by molar-refractivity contribution is -0.384. The van der Waals surface area contributed by atoms with E-state index < -0.39 is 4.92 Å². The summed E-state index contributed by atoms with van der Waals surface area (Å²) < 4.78 is 2.04. The summed E-state index contributed by atoms with van der Waals surface area (Å²) in [6, 6.07) is 5.24. The van der Waals surface area contributed by atoms with Gasteiger partial charge in [0.05, 0.1) is 11.1 Å². The molecule has 2 aromatic heterocycles. The van der Waals surface area contributed by atoms with Crippen LogP contribution in [0, 0.1) is 10.1 Å². The van der Waals surface area contributed by atoms with Gasteiger partial charge in [-0.3, -0.25) is 14.9 Å². The first-order valence-electron chi connectivity index (χ1n) is 6.71. The van der Waals surface area contributed by atoms with Crippen LogP contribution >= 0.6 is 0 Å². The minimum Gasteiger partial charge on any atom is -0.354 e. The summed E-state index contributed by atoms with van der Waals surface area (Å²) in [5.41, 5.74) is 1.29. The number of nitrogens with one attached hydrogen (secondary N) is 2. The topological polar surface area (TPSA) is 93.0 Å². The summed E-state index contributed by atoms with van der Waals surface area (Å²) in [6.07, 6.45) is 4.85. The number of amides is 1. The Balaban J connectivity index is 1.86. The lowest BCUT2D eigenvalue weighted by Crippen LogP contribution is -2.33. The molecular formula is C14H18N4O3.